The van der Waals surface area contributed by atoms with Crippen molar-refractivity contribution >= 4 is 10.2 Å². The van der Waals surface area contributed by atoms with Gasteiger partial charge in [0.25, 0.3) is 10.2 Å². The van der Waals surface area contributed by atoms with E-state index in [0.29, 0.717) is 0 Å². The Kier molecular flexibility index (Phi) is 5.60. The molecule has 0 aliphatic rings. The first-order valence-corrected chi connectivity index (χ1v) is 7.38. The maximum atomic E-state index is 12.4. The van der Waals surface area contributed by atoms with Crippen molar-refractivity contribution in [3.8, 4) is 5.75 Å². The van der Waals surface area contributed by atoms with E-state index < -0.39 is 21.9 Å². The Labute approximate surface area is 122 Å². The van der Waals surface area contributed by atoms with Gasteiger partial charge in [0.05, 0.1) is 5.56 Å². The molecule has 0 atom stereocenters. The van der Waals surface area contributed by atoms with Gasteiger partial charge in [-0.25, -0.2) is 0 Å². The third kappa shape index (κ3) is 4.87. The molecule has 1 aromatic carbocycles. The lowest BCUT2D eigenvalue weighted by atomic mass is 10.2. The molecule has 0 heterocycles. The van der Waals surface area contributed by atoms with Crippen LogP contribution in [0.3, 0.4) is 0 Å². The molecule has 1 aromatic rings. The van der Waals surface area contributed by atoms with E-state index in [0.717, 1.165) is 20.7 Å². The van der Waals surface area contributed by atoms with Crippen LogP contribution in [0.2, 0.25) is 0 Å². The molecule has 0 aliphatic carbocycles. The minimum atomic E-state index is -4.39. The second-order valence-electron chi connectivity index (χ2n) is 4.48. The molecule has 0 spiro atoms. The van der Waals surface area contributed by atoms with Crippen LogP contribution in [0, 0.1) is 0 Å². The minimum Gasteiger partial charge on any atom is -0.492 e. The molecule has 9 heteroatoms. The number of benzene rings is 1. The van der Waals surface area contributed by atoms with E-state index in [1.165, 1.54) is 33.3 Å². The second-order valence-corrected chi connectivity index (χ2v) is 6.73. The zero-order valence-electron chi connectivity index (χ0n) is 11.9. The van der Waals surface area contributed by atoms with E-state index >= 15 is 0 Å². The molecule has 0 saturated carbocycles. The van der Waals surface area contributed by atoms with Gasteiger partial charge in [-0.3, -0.25) is 0 Å². The zero-order valence-corrected chi connectivity index (χ0v) is 12.7. The zero-order chi connectivity index (χ0) is 16.3. The SMILES string of the molecule is CN(C)S(=O)(=O)N(C)CCOc1ccc(C(F)(F)F)cc1. The normalized spacial score (nSPS) is 13.0. The van der Waals surface area contributed by atoms with E-state index in [9.17, 15) is 21.6 Å². The van der Waals surface area contributed by atoms with Crippen LogP contribution in [-0.4, -0.2) is 51.3 Å². The van der Waals surface area contributed by atoms with Crippen LogP contribution in [0.5, 0.6) is 5.75 Å². The van der Waals surface area contributed by atoms with Crippen molar-refractivity contribution in [1.29, 1.82) is 0 Å². The van der Waals surface area contributed by atoms with Gasteiger partial charge >= 0.3 is 6.18 Å². The first-order valence-electron chi connectivity index (χ1n) is 5.99. The van der Waals surface area contributed by atoms with Crippen molar-refractivity contribution < 1.29 is 26.3 Å². The van der Waals surface area contributed by atoms with Crippen LogP contribution in [0.1, 0.15) is 5.56 Å². The average Bonchev–Trinajstić information content (AvgIpc) is 2.37. The maximum Gasteiger partial charge on any atom is 0.416 e. The van der Waals surface area contributed by atoms with Crippen LogP contribution in [0.4, 0.5) is 13.2 Å². The van der Waals surface area contributed by atoms with Crippen LogP contribution < -0.4 is 4.74 Å². The molecular weight excluding hydrogens is 309 g/mol. The number of hydrogen-bond acceptors (Lipinski definition) is 3. The summed E-state index contributed by atoms with van der Waals surface area (Å²) in [5.74, 6) is 0.249. The Bertz CT molecular complexity index is 556. The highest BCUT2D eigenvalue weighted by Crippen LogP contribution is 2.30. The van der Waals surface area contributed by atoms with Crippen molar-refractivity contribution in [2.45, 2.75) is 6.18 Å². The summed E-state index contributed by atoms with van der Waals surface area (Å²) in [5.41, 5.74) is -0.762. The lowest BCUT2D eigenvalue weighted by molar-refractivity contribution is -0.137. The smallest absolute Gasteiger partial charge is 0.416 e. The van der Waals surface area contributed by atoms with Crippen molar-refractivity contribution in [3.63, 3.8) is 0 Å². The largest absolute Gasteiger partial charge is 0.492 e. The van der Waals surface area contributed by atoms with Gasteiger partial charge in [0.2, 0.25) is 0 Å². The van der Waals surface area contributed by atoms with Crippen LogP contribution in [0.25, 0.3) is 0 Å². The van der Waals surface area contributed by atoms with E-state index in [1.807, 2.05) is 0 Å². The summed E-state index contributed by atoms with van der Waals surface area (Å²) >= 11 is 0. The standard InChI is InChI=1S/C12H17F3N2O3S/c1-16(2)21(18,19)17(3)8-9-20-11-6-4-10(5-7-11)12(13,14)15/h4-7H,8-9H2,1-3H3. The molecule has 0 unspecified atom stereocenters. The van der Waals surface area contributed by atoms with Crippen LogP contribution >= 0.6 is 0 Å². The van der Waals surface area contributed by atoms with Crippen molar-refractivity contribution in [2.24, 2.45) is 0 Å². The molecule has 0 saturated heterocycles. The van der Waals surface area contributed by atoms with Crippen LogP contribution in [0.15, 0.2) is 24.3 Å². The first kappa shape index (κ1) is 17.7. The summed E-state index contributed by atoms with van der Waals surface area (Å²) in [5, 5.41) is 0. The quantitative estimate of drug-likeness (QED) is 0.801. The van der Waals surface area contributed by atoms with Crippen molar-refractivity contribution in [2.75, 3.05) is 34.3 Å². The average molecular weight is 326 g/mol. The molecule has 21 heavy (non-hydrogen) atoms. The fourth-order valence-corrected chi connectivity index (χ4v) is 2.29. The molecule has 1 rings (SSSR count). The highest BCUT2D eigenvalue weighted by molar-refractivity contribution is 7.86. The van der Waals surface area contributed by atoms with Gasteiger partial charge in [-0.05, 0) is 24.3 Å². The maximum absolute atomic E-state index is 12.4. The summed E-state index contributed by atoms with van der Waals surface area (Å²) in [6, 6.07) is 4.22. The number of ether oxygens (including phenoxy) is 1. The van der Waals surface area contributed by atoms with Gasteiger partial charge < -0.3 is 4.74 Å². The third-order valence-electron chi connectivity index (χ3n) is 2.71. The van der Waals surface area contributed by atoms with Crippen molar-refractivity contribution in [3.05, 3.63) is 29.8 Å². The Balaban J connectivity index is 2.54. The number of nitrogens with zero attached hydrogens (tertiary/aromatic N) is 2. The third-order valence-corrected chi connectivity index (χ3v) is 4.61. The molecule has 0 amide bonds. The summed E-state index contributed by atoms with van der Waals surface area (Å²) < 4.78 is 67.9. The Morgan fingerprint density at radius 3 is 2.05 bits per heavy atom. The Morgan fingerprint density at radius 2 is 1.62 bits per heavy atom. The molecule has 0 aromatic heterocycles. The topological polar surface area (TPSA) is 49.9 Å². The highest BCUT2D eigenvalue weighted by atomic mass is 32.2. The first-order chi connectivity index (χ1) is 9.55. The van der Waals surface area contributed by atoms with Gasteiger partial charge in [0.15, 0.2) is 0 Å². The van der Waals surface area contributed by atoms with Crippen molar-refractivity contribution in [1.82, 2.24) is 8.61 Å². The van der Waals surface area contributed by atoms with Gasteiger partial charge in [0.1, 0.15) is 12.4 Å². The summed E-state index contributed by atoms with van der Waals surface area (Å²) in [7, 11) is 0.685. The lowest BCUT2D eigenvalue weighted by Gasteiger charge is -2.21. The molecular formula is C12H17F3N2O3S. The summed E-state index contributed by atoms with van der Waals surface area (Å²) in [4.78, 5) is 0. The van der Waals surface area contributed by atoms with Gasteiger partial charge in [-0.2, -0.15) is 30.2 Å². The number of halogens is 3. The van der Waals surface area contributed by atoms with Crippen LogP contribution in [-0.2, 0) is 16.4 Å². The molecule has 5 nitrogen and oxygen atoms in total. The number of hydrogen-bond donors (Lipinski definition) is 0. The number of rotatable bonds is 6. The monoisotopic (exact) mass is 326 g/mol. The highest BCUT2D eigenvalue weighted by Gasteiger charge is 2.30. The fraction of sp³-hybridized carbons (Fsp3) is 0.500. The molecule has 0 aliphatic heterocycles. The molecule has 0 radical (unpaired) electrons. The van der Waals surface area contributed by atoms with Gasteiger partial charge in [-0.1, -0.05) is 0 Å². The van der Waals surface area contributed by atoms with E-state index in [-0.39, 0.29) is 18.9 Å². The second kappa shape index (κ2) is 6.63. The predicted molar refractivity (Wildman–Crippen MR) is 72.2 cm³/mol. The summed E-state index contributed by atoms with van der Waals surface area (Å²) in [6.07, 6.45) is -4.39. The number of alkyl halides is 3. The molecule has 0 N–H and O–H groups in total. The van der Waals surface area contributed by atoms with E-state index in [2.05, 4.69) is 0 Å². The molecule has 0 fully saturated rings. The van der Waals surface area contributed by atoms with E-state index in [4.69, 9.17) is 4.74 Å². The van der Waals surface area contributed by atoms with Gasteiger partial charge in [0, 0.05) is 27.7 Å². The predicted octanol–water partition coefficient (Wildman–Crippen LogP) is 1.82. The molecule has 0 bridgehead atoms. The Morgan fingerprint density at radius 1 is 1.10 bits per heavy atom. The van der Waals surface area contributed by atoms with Gasteiger partial charge in [-0.15, -0.1) is 0 Å². The van der Waals surface area contributed by atoms with E-state index in [1.54, 1.807) is 0 Å². The lowest BCUT2D eigenvalue weighted by Crippen LogP contribution is -2.39. The number of likely N-dealkylation sites (N-methyl/N-ethyl adjacent to an activating group) is 1. The minimum absolute atomic E-state index is 0.0366. The summed E-state index contributed by atoms with van der Waals surface area (Å²) in [6.45, 7) is 0.121. The molecule has 120 valence electrons. The fourth-order valence-electron chi connectivity index (χ4n) is 1.43. The Hall–Kier alpha value is -1.32.